The fourth-order valence-electron chi connectivity index (χ4n) is 3.59. The van der Waals surface area contributed by atoms with Crippen LogP contribution in [-0.4, -0.2) is 25.2 Å². The van der Waals surface area contributed by atoms with E-state index in [1.807, 2.05) is 13.8 Å². The molecule has 1 amide bonds. The van der Waals surface area contributed by atoms with E-state index in [1.54, 1.807) is 31.2 Å². The van der Waals surface area contributed by atoms with Crippen LogP contribution in [0.3, 0.4) is 0 Å². The first-order valence-corrected chi connectivity index (χ1v) is 10.8. The monoisotopic (exact) mass is 494 g/mol. The lowest BCUT2D eigenvalue weighted by Gasteiger charge is -2.35. The van der Waals surface area contributed by atoms with Gasteiger partial charge in [0.15, 0.2) is 0 Å². The Bertz CT molecular complexity index is 966. The van der Waals surface area contributed by atoms with Crippen LogP contribution in [0, 0.1) is 12.8 Å². The zero-order valence-electron chi connectivity index (χ0n) is 18.4. The molecule has 0 saturated carbocycles. The van der Waals surface area contributed by atoms with E-state index in [0.717, 1.165) is 17.7 Å². The van der Waals surface area contributed by atoms with E-state index in [2.05, 4.69) is 5.32 Å². The van der Waals surface area contributed by atoms with Gasteiger partial charge in [-0.25, -0.2) is 0 Å². The molecule has 1 aliphatic rings. The number of nitrogens with zero attached hydrogens (tertiary/aromatic N) is 1. The molecule has 2 aromatic rings. The number of carbonyl (C=O) groups excluding carboxylic acids is 1. The molecule has 10 heteroatoms. The standard InChI is InChI=1S/C21H19ClF6N2O.C2H6/c1-12-3-2-4-14(9-12)29-19(31)15-10-17(22)16(21(26,27)28)11-18(15)30-7-5-13(6-8-30)20(23,24)25;1-2/h2-4,9-11,13H,5-8H2,1H3,(H,29,31);1-2H3. The van der Waals surface area contributed by atoms with Crippen LogP contribution in [0.4, 0.5) is 37.7 Å². The second-order valence-corrected chi connectivity index (χ2v) is 7.88. The second-order valence-electron chi connectivity index (χ2n) is 7.47. The molecule has 0 aliphatic carbocycles. The molecule has 0 radical (unpaired) electrons. The summed E-state index contributed by atoms with van der Waals surface area (Å²) in [6.07, 6.45) is -9.69. The van der Waals surface area contributed by atoms with Gasteiger partial charge in [-0.1, -0.05) is 37.6 Å². The minimum Gasteiger partial charge on any atom is -0.371 e. The summed E-state index contributed by atoms with van der Waals surface area (Å²) < 4.78 is 79.1. The molecule has 0 aromatic heterocycles. The summed E-state index contributed by atoms with van der Waals surface area (Å²) in [7, 11) is 0. The quantitative estimate of drug-likeness (QED) is 0.443. The molecule has 33 heavy (non-hydrogen) atoms. The minimum absolute atomic E-state index is 0.0949. The fourth-order valence-corrected chi connectivity index (χ4v) is 3.86. The van der Waals surface area contributed by atoms with Crippen LogP contribution in [-0.2, 0) is 6.18 Å². The maximum absolute atomic E-state index is 13.4. The SMILES string of the molecule is CC.Cc1cccc(NC(=O)c2cc(Cl)c(C(F)(F)F)cc2N2CCC(C(F)(F)F)CC2)c1. The van der Waals surface area contributed by atoms with Gasteiger partial charge in [0.1, 0.15) is 0 Å². The molecule has 2 aromatic carbocycles. The molecule has 1 N–H and O–H groups in total. The summed E-state index contributed by atoms with van der Waals surface area (Å²) in [6.45, 7) is 5.54. The average molecular weight is 495 g/mol. The van der Waals surface area contributed by atoms with Gasteiger partial charge < -0.3 is 10.2 Å². The lowest BCUT2D eigenvalue weighted by molar-refractivity contribution is -0.179. The van der Waals surface area contributed by atoms with Gasteiger partial charge in [0.2, 0.25) is 0 Å². The third kappa shape index (κ3) is 6.79. The van der Waals surface area contributed by atoms with Crippen molar-refractivity contribution in [3.8, 4) is 0 Å². The molecule has 0 bridgehead atoms. The largest absolute Gasteiger partial charge is 0.417 e. The van der Waals surface area contributed by atoms with Crippen LogP contribution < -0.4 is 10.2 Å². The normalized spacial score (nSPS) is 15.0. The first-order valence-electron chi connectivity index (χ1n) is 10.5. The van der Waals surface area contributed by atoms with E-state index in [-0.39, 0.29) is 37.2 Å². The molecular formula is C23H25ClF6N2O. The molecule has 1 saturated heterocycles. The Morgan fingerprint density at radius 3 is 2.15 bits per heavy atom. The number of nitrogens with one attached hydrogen (secondary N) is 1. The van der Waals surface area contributed by atoms with Crippen LogP contribution in [0.25, 0.3) is 0 Å². The predicted octanol–water partition coefficient (Wildman–Crippen LogP) is 7.72. The number of halogens is 7. The van der Waals surface area contributed by atoms with Crippen LogP contribution in [0.2, 0.25) is 5.02 Å². The van der Waals surface area contributed by atoms with Gasteiger partial charge in [-0.2, -0.15) is 26.3 Å². The van der Waals surface area contributed by atoms with Crippen LogP contribution in [0.15, 0.2) is 36.4 Å². The van der Waals surface area contributed by atoms with E-state index in [9.17, 15) is 31.1 Å². The number of benzene rings is 2. The first-order chi connectivity index (χ1) is 15.4. The van der Waals surface area contributed by atoms with Crippen LogP contribution >= 0.6 is 11.6 Å². The average Bonchev–Trinajstić information content (AvgIpc) is 2.73. The van der Waals surface area contributed by atoms with Gasteiger partial charge in [-0.15, -0.1) is 0 Å². The van der Waals surface area contributed by atoms with Gasteiger partial charge in [0.05, 0.1) is 27.8 Å². The zero-order valence-corrected chi connectivity index (χ0v) is 19.1. The Morgan fingerprint density at radius 1 is 1.03 bits per heavy atom. The third-order valence-corrected chi connectivity index (χ3v) is 5.52. The van der Waals surface area contributed by atoms with Crippen molar-refractivity contribution >= 4 is 28.9 Å². The van der Waals surface area contributed by atoms with Crippen LogP contribution in [0.5, 0.6) is 0 Å². The van der Waals surface area contributed by atoms with E-state index in [1.165, 1.54) is 4.90 Å². The van der Waals surface area contributed by atoms with Gasteiger partial charge in [0.25, 0.3) is 5.91 Å². The van der Waals surface area contributed by atoms with E-state index < -0.39 is 34.8 Å². The highest BCUT2D eigenvalue weighted by molar-refractivity contribution is 6.32. The first kappa shape index (κ1) is 26.8. The lowest BCUT2D eigenvalue weighted by Crippen LogP contribution is -2.40. The summed E-state index contributed by atoms with van der Waals surface area (Å²) in [5, 5.41) is 1.95. The molecule has 1 fully saturated rings. The summed E-state index contributed by atoms with van der Waals surface area (Å²) in [4.78, 5) is 14.2. The molecule has 3 nitrogen and oxygen atoms in total. The van der Waals surface area contributed by atoms with Gasteiger partial charge in [0, 0.05) is 18.8 Å². The molecule has 0 unspecified atom stereocenters. The maximum atomic E-state index is 13.4. The number of carbonyl (C=O) groups is 1. The molecule has 1 aliphatic heterocycles. The Labute approximate surface area is 193 Å². The fraction of sp³-hybridized carbons (Fsp3) is 0.435. The van der Waals surface area contributed by atoms with Crippen molar-refractivity contribution < 1.29 is 31.1 Å². The molecular weight excluding hydrogens is 470 g/mol. The van der Waals surface area contributed by atoms with Crippen molar-refractivity contribution in [1.82, 2.24) is 0 Å². The van der Waals surface area contributed by atoms with Crippen molar-refractivity contribution in [3.05, 3.63) is 58.1 Å². The highest BCUT2D eigenvalue weighted by atomic mass is 35.5. The Hall–Kier alpha value is -2.42. The third-order valence-electron chi connectivity index (χ3n) is 5.21. The van der Waals surface area contributed by atoms with E-state index in [4.69, 9.17) is 11.6 Å². The topological polar surface area (TPSA) is 32.3 Å². The molecule has 1 heterocycles. The number of alkyl halides is 6. The van der Waals surface area contributed by atoms with Gasteiger partial charge in [-0.05, 0) is 49.6 Å². The predicted molar refractivity (Wildman–Crippen MR) is 118 cm³/mol. The summed E-state index contributed by atoms with van der Waals surface area (Å²) in [5.41, 5.74) is -0.0814. The Kier molecular flexibility index (Phi) is 8.68. The molecule has 3 rings (SSSR count). The second kappa shape index (κ2) is 10.7. The van der Waals surface area contributed by atoms with Crippen molar-refractivity contribution in [2.45, 2.75) is 46.0 Å². The molecule has 0 spiro atoms. The number of aryl methyl sites for hydroxylation is 1. The van der Waals surface area contributed by atoms with Crippen molar-refractivity contribution in [2.75, 3.05) is 23.3 Å². The number of amides is 1. The number of hydrogen-bond donors (Lipinski definition) is 1. The molecule has 182 valence electrons. The highest BCUT2D eigenvalue weighted by Crippen LogP contribution is 2.41. The smallest absolute Gasteiger partial charge is 0.371 e. The number of hydrogen-bond acceptors (Lipinski definition) is 2. The maximum Gasteiger partial charge on any atom is 0.417 e. The summed E-state index contributed by atoms with van der Waals surface area (Å²) >= 11 is 5.81. The van der Waals surface area contributed by atoms with Crippen molar-refractivity contribution in [3.63, 3.8) is 0 Å². The number of rotatable bonds is 3. The Balaban J connectivity index is 0.00000187. The van der Waals surface area contributed by atoms with Crippen LogP contribution in [0.1, 0.15) is 48.2 Å². The summed E-state index contributed by atoms with van der Waals surface area (Å²) in [5.74, 6) is -2.23. The number of anilines is 2. The zero-order chi connectivity index (χ0) is 25.0. The van der Waals surface area contributed by atoms with E-state index in [0.29, 0.717) is 5.69 Å². The summed E-state index contributed by atoms with van der Waals surface area (Å²) in [6, 6.07) is 8.46. The van der Waals surface area contributed by atoms with Gasteiger partial charge in [-0.3, -0.25) is 4.79 Å². The van der Waals surface area contributed by atoms with Gasteiger partial charge >= 0.3 is 12.4 Å². The Morgan fingerprint density at radius 2 is 1.64 bits per heavy atom. The van der Waals surface area contributed by atoms with Crippen molar-refractivity contribution in [1.29, 1.82) is 0 Å². The highest BCUT2D eigenvalue weighted by Gasteiger charge is 2.42. The minimum atomic E-state index is -4.78. The van der Waals surface area contributed by atoms with E-state index >= 15 is 0 Å². The lowest BCUT2D eigenvalue weighted by atomic mass is 9.95. The molecule has 0 atom stereocenters. The number of piperidine rings is 1. The van der Waals surface area contributed by atoms with Crippen molar-refractivity contribution in [2.24, 2.45) is 5.92 Å².